The van der Waals surface area contributed by atoms with Crippen LogP contribution in [0.25, 0.3) is 0 Å². The molecule has 5 heteroatoms. The van der Waals surface area contributed by atoms with Gasteiger partial charge in [-0.1, -0.05) is 6.08 Å². The van der Waals surface area contributed by atoms with Gasteiger partial charge in [-0.2, -0.15) is 0 Å². The molecule has 1 aliphatic heterocycles. The van der Waals surface area contributed by atoms with Crippen molar-refractivity contribution in [1.29, 1.82) is 0 Å². The lowest BCUT2D eigenvalue weighted by atomic mass is 10.1. The molecule has 3 N–H and O–H groups in total. The number of nitrogens with one attached hydrogen (secondary N) is 1. The van der Waals surface area contributed by atoms with Gasteiger partial charge in [-0.3, -0.25) is 0 Å². The lowest BCUT2D eigenvalue weighted by Crippen LogP contribution is -2.28. The van der Waals surface area contributed by atoms with Crippen LogP contribution in [0.2, 0.25) is 0 Å². The number of fused-ring (bicyclic) bond motifs is 1. The topological polar surface area (TPSA) is 56.5 Å². The molecule has 19 heavy (non-hydrogen) atoms. The van der Waals surface area contributed by atoms with Gasteiger partial charge in [-0.05, 0) is 33.6 Å². The highest BCUT2D eigenvalue weighted by atomic mass is 79.9. The van der Waals surface area contributed by atoms with E-state index in [0.29, 0.717) is 26.3 Å². The Morgan fingerprint density at radius 2 is 2.21 bits per heavy atom. The summed E-state index contributed by atoms with van der Waals surface area (Å²) < 4.78 is 12.3. The van der Waals surface area contributed by atoms with E-state index in [1.54, 1.807) is 0 Å². The SMILES string of the molecule is C=CCNC(CN)c1cc(Br)c2c(c1)OCCCO2. The molecule has 1 aromatic carbocycles. The summed E-state index contributed by atoms with van der Waals surface area (Å²) in [5.74, 6) is 1.56. The Labute approximate surface area is 122 Å². The molecule has 0 spiro atoms. The van der Waals surface area contributed by atoms with Crippen LogP contribution in [0.15, 0.2) is 29.3 Å². The molecule has 2 rings (SSSR count). The monoisotopic (exact) mass is 326 g/mol. The van der Waals surface area contributed by atoms with Crippen LogP contribution >= 0.6 is 15.9 Å². The van der Waals surface area contributed by atoms with Gasteiger partial charge in [0.15, 0.2) is 11.5 Å². The molecule has 1 heterocycles. The van der Waals surface area contributed by atoms with Crippen molar-refractivity contribution in [2.75, 3.05) is 26.3 Å². The standard InChI is InChI=1S/C14H19BrN2O2/c1-2-4-17-12(9-16)10-7-11(15)14-13(8-10)18-5-3-6-19-14/h2,7-8,12,17H,1,3-6,9,16H2. The molecule has 0 amide bonds. The van der Waals surface area contributed by atoms with E-state index in [2.05, 4.69) is 27.8 Å². The summed E-state index contributed by atoms with van der Waals surface area (Å²) in [6.07, 6.45) is 2.71. The van der Waals surface area contributed by atoms with Crippen LogP contribution in [0.5, 0.6) is 11.5 Å². The Hall–Kier alpha value is -1.04. The van der Waals surface area contributed by atoms with Gasteiger partial charge in [-0.25, -0.2) is 0 Å². The third-order valence-corrected chi connectivity index (χ3v) is 3.56. The van der Waals surface area contributed by atoms with Crippen molar-refractivity contribution < 1.29 is 9.47 Å². The summed E-state index contributed by atoms with van der Waals surface area (Å²) in [5, 5.41) is 3.32. The van der Waals surface area contributed by atoms with Gasteiger partial charge >= 0.3 is 0 Å². The van der Waals surface area contributed by atoms with E-state index in [1.165, 1.54) is 0 Å². The molecule has 1 aromatic rings. The predicted octanol–water partition coefficient (Wildman–Crippen LogP) is 2.39. The number of ether oxygens (including phenoxy) is 2. The van der Waals surface area contributed by atoms with E-state index in [1.807, 2.05) is 18.2 Å². The molecular formula is C14H19BrN2O2. The summed E-state index contributed by atoms with van der Waals surface area (Å²) in [6.45, 7) is 6.29. The molecule has 104 valence electrons. The maximum Gasteiger partial charge on any atom is 0.175 e. The van der Waals surface area contributed by atoms with Crippen molar-refractivity contribution >= 4 is 15.9 Å². The van der Waals surface area contributed by atoms with Crippen molar-refractivity contribution in [1.82, 2.24) is 5.32 Å². The minimum atomic E-state index is 0.0754. The summed E-state index contributed by atoms with van der Waals surface area (Å²) in [5.41, 5.74) is 6.90. The van der Waals surface area contributed by atoms with Crippen LogP contribution in [0.1, 0.15) is 18.0 Å². The van der Waals surface area contributed by atoms with Crippen LogP contribution < -0.4 is 20.5 Å². The molecule has 0 fully saturated rings. The number of rotatable bonds is 5. The van der Waals surface area contributed by atoms with Crippen LogP contribution in [0, 0.1) is 0 Å². The quantitative estimate of drug-likeness (QED) is 0.816. The molecule has 0 bridgehead atoms. The van der Waals surface area contributed by atoms with Gasteiger partial charge in [-0.15, -0.1) is 6.58 Å². The normalized spacial score (nSPS) is 15.7. The van der Waals surface area contributed by atoms with Crippen LogP contribution in [0.4, 0.5) is 0 Å². The van der Waals surface area contributed by atoms with Gasteiger partial charge in [0.1, 0.15) is 0 Å². The molecule has 0 aliphatic carbocycles. The number of halogens is 1. The Morgan fingerprint density at radius 3 is 2.95 bits per heavy atom. The number of benzene rings is 1. The van der Waals surface area contributed by atoms with Crippen molar-refractivity contribution in [2.45, 2.75) is 12.5 Å². The van der Waals surface area contributed by atoms with Crippen LogP contribution in [-0.2, 0) is 0 Å². The Morgan fingerprint density at radius 1 is 1.42 bits per heavy atom. The van der Waals surface area contributed by atoms with Crippen molar-refractivity contribution in [3.05, 3.63) is 34.8 Å². The second kappa shape index (κ2) is 6.93. The van der Waals surface area contributed by atoms with Gasteiger partial charge in [0.05, 0.1) is 17.7 Å². The lowest BCUT2D eigenvalue weighted by molar-refractivity contribution is 0.296. The van der Waals surface area contributed by atoms with Gasteiger partial charge in [0.25, 0.3) is 0 Å². The molecule has 0 radical (unpaired) electrons. The molecule has 1 atom stereocenters. The average Bonchev–Trinajstić information content (AvgIpc) is 2.65. The zero-order valence-corrected chi connectivity index (χ0v) is 12.4. The fourth-order valence-electron chi connectivity index (χ4n) is 2.01. The second-order valence-corrected chi connectivity index (χ2v) is 5.22. The first kappa shape index (κ1) is 14.4. The third kappa shape index (κ3) is 3.49. The van der Waals surface area contributed by atoms with Crippen LogP contribution in [0.3, 0.4) is 0 Å². The van der Waals surface area contributed by atoms with Gasteiger partial charge < -0.3 is 20.5 Å². The molecule has 0 aromatic heterocycles. The summed E-state index contributed by atoms with van der Waals surface area (Å²) in [4.78, 5) is 0. The van der Waals surface area contributed by atoms with E-state index in [-0.39, 0.29) is 6.04 Å². The first-order valence-corrected chi connectivity index (χ1v) is 7.19. The third-order valence-electron chi connectivity index (χ3n) is 2.97. The molecule has 0 saturated heterocycles. The number of nitrogens with two attached hydrogens (primary N) is 1. The Kier molecular flexibility index (Phi) is 5.24. The minimum absolute atomic E-state index is 0.0754. The fourth-order valence-corrected chi connectivity index (χ4v) is 2.59. The van der Waals surface area contributed by atoms with Gasteiger partial charge in [0.2, 0.25) is 0 Å². The molecule has 1 aliphatic rings. The zero-order chi connectivity index (χ0) is 13.7. The van der Waals surface area contributed by atoms with E-state index in [9.17, 15) is 0 Å². The first-order valence-electron chi connectivity index (χ1n) is 6.39. The van der Waals surface area contributed by atoms with Gasteiger partial charge in [0, 0.05) is 25.6 Å². The number of hydrogen-bond donors (Lipinski definition) is 2. The highest BCUT2D eigenvalue weighted by molar-refractivity contribution is 9.10. The summed E-state index contributed by atoms with van der Waals surface area (Å²) in [7, 11) is 0. The predicted molar refractivity (Wildman–Crippen MR) is 79.7 cm³/mol. The first-order chi connectivity index (χ1) is 9.26. The summed E-state index contributed by atoms with van der Waals surface area (Å²) >= 11 is 3.54. The molecule has 1 unspecified atom stereocenters. The van der Waals surface area contributed by atoms with E-state index in [4.69, 9.17) is 15.2 Å². The van der Waals surface area contributed by atoms with Crippen molar-refractivity contribution in [3.63, 3.8) is 0 Å². The maximum absolute atomic E-state index is 5.82. The molecule has 4 nitrogen and oxygen atoms in total. The van der Waals surface area contributed by atoms with E-state index < -0.39 is 0 Å². The minimum Gasteiger partial charge on any atom is -0.490 e. The van der Waals surface area contributed by atoms with E-state index >= 15 is 0 Å². The number of hydrogen-bond acceptors (Lipinski definition) is 4. The largest absolute Gasteiger partial charge is 0.490 e. The molecular weight excluding hydrogens is 308 g/mol. The maximum atomic E-state index is 5.82. The highest BCUT2D eigenvalue weighted by Crippen LogP contribution is 2.39. The van der Waals surface area contributed by atoms with Crippen molar-refractivity contribution in [2.24, 2.45) is 5.73 Å². The van der Waals surface area contributed by atoms with Crippen LogP contribution in [-0.4, -0.2) is 26.3 Å². The molecule has 0 saturated carbocycles. The second-order valence-electron chi connectivity index (χ2n) is 4.37. The lowest BCUT2D eigenvalue weighted by Gasteiger charge is -2.19. The summed E-state index contributed by atoms with van der Waals surface area (Å²) in [6, 6.07) is 4.10. The van der Waals surface area contributed by atoms with E-state index in [0.717, 1.165) is 28.0 Å². The smallest absolute Gasteiger partial charge is 0.175 e. The highest BCUT2D eigenvalue weighted by Gasteiger charge is 2.18. The average molecular weight is 327 g/mol. The Bertz CT molecular complexity index is 451. The fraction of sp³-hybridized carbons (Fsp3) is 0.429. The Balaban J connectivity index is 2.28. The zero-order valence-electron chi connectivity index (χ0n) is 10.8. The van der Waals surface area contributed by atoms with Crippen molar-refractivity contribution in [3.8, 4) is 11.5 Å².